The van der Waals surface area contributed by atoms with Crippen LogP contribution in [0.5, 0.6) is 0 Å². The van der Waals surface area contributed by atoms with Gasteiger partial charge in [0.1, 0.15) is 12.6 Å². The fourth-order valence-corrected chi connectivity index (χ4v) is 6.01. The minimum Gasteiger partial charge on any atom is -0.354 e. The van der Waals surface area contributed by atoms with Gasteiger partial charge in [0.05, 0.1) is 10.6 Å². The zero-order valence-electron chi connectivity index (χ0n) is 23.5. The molecule has 0 spiro atoms. The summed E-state index contributed by atoms with van der Waals surface area (Å²) in [5.41, 5.74) is 3.94. The van der Waals surface area contributed by atoms with Crippen molar-refractivity contribution in [3.05, 3.63) is 95.1 Å². The number of amides is 2. The maximum atomic E-state index is 14.1. The Morgan fingerprint density at radius 2 is 1.56 bits per heavy atom. The lowest BCUT2D eigenvalue weighted by Crippen LogP contribution is -2.52. The van der Waals surface area contributed by atoms with Crippen LogP contribution >= 0.6 is 0 Å². The van der Waals surface area contributed by atoms with E-state index >= 15 is 0 Å². The van der Waals surface area contributed by atoms with E-state index in [0.717, 1.165) is 28.7 Å². The van der Waals surface area contributed by atoms with Gasteiger partial charge in [0.25, 0.3) is 10.0 Å². The van der Waals surface area contributed by atoms with E-state index in [1.807, 2.05) is 71.0 Å². The number of nitrogens with zero attached hydrogens (tertiary/aromatic N) is 2. The highest BCUT2D eigenvalue weighted by Gasteiger charge is 2.34. The van der Waals surface area contributed by atoms with Gasteiger partial charge in [0.2, 0.25) is 11.8 Å². The summed E-state index contributed by atoms with van der Waals surface area (Å²) in [4.78, 5) is 28.9. The topological polar surface area (TPSA) is 86.8 Å². The Morgan fingerprint density at radius 1 is 0.872 bits per heavy atom. The Morgan fingerprint density at radius 3 is 2.21 bits per heavy atom. The molecule has 3 aromatic carbocycles. The number of nitrogens with one attached hydrogen (secondary N) is 1. The number of sulfonamides is 1. The van der Waals surface area contributed by atoms with Crippen LogP contribution in [0.1, 0.15) is 48.9 Å². The molecule has 208 valence electrons. The first-order chi connectivity index (χ1) is 18.6. The number of anilines is 1. The van der Waals surface area contributed by atoms with E-state index in [-0.39, 0.29) is 17.3 Å². The molecule has 0 aliphatic carbocycles. The summed E-state index contributed by atoms with van der Waals surface area (Å²) >= 11 is 0. The molecule has 0 aliphatic rings. The van der Waals surface area contributed by atoms with Crippen molar-refractivity contribution in [3.63, 3.8) is 0 Å². The average molecular weight is 550 g/mol. The normalized spacial score (nSPS) is 12.0. The molecule has 0 fully saturated rings. The number of benzene rings is 3. The van der Waals surface area contributed by atoms with Gasteiger partial charge in [-0.05, 0) is 68.5 Å². The number of rotatable bonds is 12. The monoisotopic (exact) mass is 549 g/mol. The van der Waals surface area contributed by atoms with Crippen molar-refractivity contribution < 1.29 is 18.0 Å². The van der Waals surface area contributed by atoms with Gasteiger partial charge >= 0.3 is 0 Å². The van der Waals surface area contributed by atoms with Crippen molar-refractivity contribution in [3.8, 4) is 0 Å². The van der Waals surface area contributed by atoms with Crippen LogP contribution in [0.2, 0.25) is 0 Å². The molecule has 0 saturated heterocycles. The second-order valence-electron chi connectivity index (χ2n) is 9.84. The van der Waals surface area contributed by atoms with Crippen molar-refractivity contribution in [2.45, 2.75) is 64.9 Å². The molecular formula is C31H39N3O4S. The molecule has 0 aromatic heterocycles. The molecule has 0 saturated carbocycles. The van der Waals surface area contributed by atoms with Crippen molar-refractivity contribution in [1.82, 2.24) is 10.2 Å². The predicted octanol–water partition coefficient (Wildman–Crippen LogP) is 5.14. The standard InChI is InChI=1S/C31H39N3O4S/c1-6-18-32-31(36)28(7-2)33(21-26-13-11-12-23(3)19-26)30(35)22-34(29-20-24(4)16-17-25(29)5)39(37,38)27-14-9-8-10-15-27/h8-17,19-20,28H,6-7,18,21-22H2,1-5H3,(H,32,36)/t28-/m1/s1. The summed E-state index contributed by atoms with van der Waals surface area (Å²) in [5, 5.41) is 2.91. The summed E-state index contributed by atoms with van der Waals surface area (Å²) in [6, 6.07) is 20.7. The molecule has 0 heterocycles. The van der Waals surface area contributed by atoms with Crippen LogP contribution in [0.15, 0.2) is 77.7 Å². The molecule has 3 rings (SSSR count). The van der Waals surface area contributed by atoms with Gasteiger partial charge in [-0.1, -0.05) is 74.0 Å². The SMILES string of the molecule is CCCNC(=O)[C@@H](CC)N(Cc1cccc(C)c1)C(=O)CN(c1cc(C)ccc1C)S(=O)(=O)c1ccccc1. The molecule has 1 N–H and O–H groups in total. The van der Waals surface area contributed by atoms with Gasteiger partial charge in [-0.3, -0.25) is 13.9 Å². The van der Waals surface area contributed by atoms with E-state index < -0.39 is 28.5 Å². The Balaban J connectivity index is 2.08. The second kappa shape index (κ2) is 13.4. The quantitative estimate of drug-likeness (QED) is 0.339. The summed E-state index contributed by atoms with van der Waals surface area (Å²) in [7, 11) is -4.08. The smallest absolute Gasteiger partial charge is 0.264 e. The molecule has 3 aromatic rings. The predicted molar refractivity (Wildman–Crippen MR) is 156 cm³/mol. The van der Waals surface area contributed by atoms with E-state index in [2.05, 4.69) is 5.32 Å². The third-order valence-corrected chi connectivity index (χ3v) is 8.39. The van der Waals surface area contributed by atoms with E-state index in [1.54, 1.807) is 24.3 Å². The minimum atomic E-state index is -4.08. The number of aryl methyl sites for hydroxylation is 3. The molecule has 7 nitrogen and oxygen atoms in total. The fourth-order valence-electron chi connectivity index (χ4n) is 4.51. The molecule has 39 heavy (non-hydrogen) atoms. The van der Waals surface area contributed by atoms with Gasteiger partial charge in [-0.25, -0.2) is 8.42 Å². The van der Waals surface area contributed by atoms with Gasteiger partial charge in [-0.15, -0.1) is 0 Å². The lowest BCUT2D eigenvalue weighted by Gasteiger charge is -2.33. The largest absolute Gasteiger partial charge is 0.354 e. The van der Waals surface area contributed by atoms with Crippen molar-refractivity contribution in [1.29, 1.82) is 0 Å². The van der Waals surface area contributed by atoms with Crippen LogP contribution in [0.25, 0.3) is 0 Å². The average Bonchev–Trinajstić information content (AvgIpc) is 2.92. The van der Waals surface area contributed by atoms with Crippen molar-refractivity contribution >= 4 is 27.5 Å². The van der Waals surface area contributed by atoms with Crippen LogP contribution in [0, 0.1) is 20.8 Å². The highest BCUT2D eigenvalue weighted by molar-refractivity contribution is 7.92. The lowest BCUT2D eigenvalue weighted by molar-refractivity contribution is -0.140. The minimum absolute atomic E-state index is 0.0941. The second-order valence-corrected chi connectivity index (χ2v) is 11.7. The summed E-state index contributed by atoms with van der Waals surface area (Å²) in [5.74, 6) is -0.694. The summed E-state index contributed by atoms with van der Waals surface area (Å²) in [6.07, 6.45) is 1.16. The summed E-state index contributed by atoms with van der Waals surface area (Å²) < 4.78 is 29.1. The number of hydrogen-bond donors (Lipinski definition) is 1. The highest BCUT2D eigenvalue weighted by atomic mass is 32.2. The van der Waals surface area contributed by atoms with E-state index in [1.165, 1.54) is 21.3 Å². The molecular weight excluding hydrogens is 510 g/mol. The summed E-state index contributed by atoms with van der Waals surface area (Å²) in [6.45, 7) is 9.74. The third kappa shape index (κ3) is 7.47. The van der Waals surface area contributed by atoms with Crippen LogP contribution in [-0.2, 0) is 26.2 Å². The molecule has 0 aliphatic heterocycles. The van der Waals surface area contributed by atoms with E-state index in [9.17, 15) is 18.0 Å². The Bertz CT molecular complexity index is 1390. The van der Waals surface area contributed by atoms with Crippen LogP contribution < -0.4 is 9.62 Å². The molecule has 8 heteroatoms. The zero-order chi connectivity index (χ0) is 28.6. The first-order valence-electron chi connectivity index (χ1n) is 13.4. The van der Waals surface area contributed by atoms with E-state index in [4.69, 9.17) is 0 Å². The molecule has 0 radical (unpaired) electrons. The van der Waals surface area contributed by atoms with Crippen molar-refractivity contribution in [2.24, 2.45) is 0 Å². The Kier molecular flexibility index (Phi) is 10.3. The van der Waals surface area contributed by atoms with Gasteiger partial charge in [0.15, 0.2) is 0 Å². The van der Waals surface area contributed by atoms with Gasteiger partial charge in [0, 0.05) is 13.1 Å². The first kappa shape index (κ1) is 29.9. The molecule has 0 bridgehead atoms. The maximum Gasteiger partial charge on any atom is 0.264 e. The first-order valence-corrected chi connectivity index (χ1v) is 14.8. The van der Waals surface area contributed by atoms with Gasteiger partial charge in [-0.2, -0.15) is 0 Å². The molecule has 2 amide bonds. The van der Waals surface area contributed by atoms with E-state index in [0.29, 0.717) is 18.7 Å². The highest BCUT2D eigenvalue weighted by Crippen LogP contribution is 2.28. The van der Waals surface area contributed by atoms with Crippen molar-refractivity contribution in [2.75, 3.05) is 17.4 Å². The third-order valence-electron chi connectivity index (χ3n) is 6.61. The number of carbonyl (C=O) groups is 2. The number of carbonyl (C=O) groups excluding carboxylic acids is 2. The van der Waals surface area contributed by atoms with Crippen LogP contribution in [-0.4, -0.2) is 44.3 Å². The molecule has 1 atom stereocenters. The lowest BCUT2D eigenvalue weighted by atomic mass is 10.1. The fraction of sp³-hybridized carbons (Fsp3) is 0.355. The number of hydrogen-bond acceptors (Lipinski definition) is 4. The van der Waals surface area contributed by atoms with Gasteiger partial charge < -0.3 is 10.2 Å². The Labute approximate surface area is 232 Å². The van der Waals surface area contributed by atoms with Crippen LogP contribution in [0.4, 0.5) is 5.69 Å². The Hall–Kier alpha value is -3.65. The van der Waals surface area contributed by atoms with Crippen LogP contribution in [0.3, 0.4) is 0 Å². The molecule has 0 unspecified atom stereocenters. The maximum absolute atomic E-state index is 14.1. The zero-order valence-corrected chi connectivity index (χ0v) is 24.3.